The Morgan fingerprint density at radius 2 is 1.77 bits per heavy atom. The zero-order chi connectivity index (χ0) is 16.1. The molecule has 2 fully saturated rings. The summed E-state index contributed by atoms with van der Waals surface area (Å²) in [6.07, 6.45) is -1.38. The van der Waals surface area contributed by atoms with Crippen molar-refractivity contribution >= 4 is 0 Å². The van der Waals surface area contributed by atoms with Crippen molar-refractivity contribution in [2.75, 3.05) is 7.05 Å². The second-order valence-electron chi connectivity index (χ2n) is 6.53. The van der Waals surface area contributed by atoms with Gasteiger partial charge in [0, 0.05) is 12.1 Å². The molecule has 2 atom stereocenters. The van der Waals surface area contributed by atoms with Gasteiger partial charge in [-0.25, -0.2) is 4.39 Å². The molecule has 0 amide bonds. The van der Waals surface area contributed by atoms with Gasteiger partial charge in [0.1, 0.15) is 5.82 Å². The van der Waals surface area contributed by atoms with Gasteiger partial charge < -0.3 is 10.0 Å². The molecule has 2 aliphatic heterocycles. The highest BCUT2D eigenvalue weighted by Gasteiger charge is 2.48. The van der Waals surface area contributed by atoms with Gasteiger partial charge in [-0.15, -0.1) is 0 Å². The van der Waals surface area contributed by atoms with E-state index in [4.69, 9.17) is 0 Å². The van der Waals surface area contributed by atoms with Crippen LogP contribution in [-0.2, 0) is 11.8 Å². The van der Waals surface area contributed by atoms with E-state index in [1.165, 1.54) is 0 Å². The number of piperidine rings is 2. The molecule has 3 rings (SSSR count). The second-order valence-corrected chi connectivity index (χ2v) is 6.53. The molecule has 1 aromatic carbocycles. The van der Waals surface area contributed by atoms with Crippen LogP contribution in [0.5, 0.6) is 0 Å². The lowest BCUT2D eigenvalue weighted by Gasteiger charge is -2.51. The summed E-state index contributed by atoms with van der Waals surface area (Å²) in [5.41, 5.74) is -2.79. The normalized spacial score (nSPS) is 33.0. The van der Waals surface area contributed by atoms with E-state index in [9.17, 15) is 22.7 Å². The lowest BCUT2D eigenvalue weighted by molar-refractivity contribution is -0.144. The Bertz CT molecular complexity index is 558. The van der Waals surface area contributed by atoms with Crippen LogP contribution in [0.4, 0.5) is 17.6 Å². The maximum atomic E-state index is 13.3. The molecule has 2 saturated heterocycles. The molecule has 22 heavy (non-hydrogen) atoms. The Labute approximate surface area is 126 Å². The van der Waals surface area contributed by atoms with Gasteiger partial charge in [0.2, 0.25) is 0 Å². The average Bonchev–Trinajstić information content (AvgIpc) is 2.39. The van der Waals surface area contributed by atoms with Gasteiger partial charge >= 0.3 is 6.18 Å². The lowest BCUT2D eigenvalue weighted by Crippen LogP contribution is -2.55. The van der Waals surface area contributed by atoms with E-state index in [-0.39, 0.29) is 30.5 Å². The summed E-state index contributed by atoms with van der Waals surface area (Å²) in [4.78, 5) is 2.16. The summed E-state index contributed by atoms with van der Waals surface area (Å²) >= 11 is 0. The van der Waals surface area contributed by atoms with Crippen LogP contribution in [0.15, 0.2) is 18.2 Å². The quantitative estimate of drug-likeness (QED) is 0.799. The second kappa shape index (κ2) is 5.20. The molecule has 1 aromatic rings. The molecule has 2 unspecified atom stereocenters. The van der Waals surface area contributed by atoms with Crippen molar-refractivity contribution in [1.82, 2.24) is 4.90 Å². The molecule has 2 aliphatic rings. The third-order valence-corrected chi connectivity index (χ3v) is 5.16. The molecule has 0 spiro atoms. The van der Waals surface area contributed by atoms with Gasteiger partial charge in [0.15, 0.2) is 0 Å². The highest BCUT2D eigenvalue weighted by Crippen LogP contribution is 2.47. The van der Waals surface area contributed by atoms with Gasteiger partial charge in [-0.3, -0.25) is 0 Å². The van der Waals surface area contributed by atoms with E-state index in [0.717, 1.165) is 31.4 Å². The van der Waals surface area contributed by atoms with Crippen LogP contribution in [0.3, 0.4) is 0 Å². The standard InChI is InChI=1S/C16H19F4NO/c1-21-11-3-2-4-12(21)9-15(22,8-11)13-6-5-10(17)7-14(13)16(18,19)20/h5-7,11-12,22H,2-4,8-9H2,1H3. The predicted molar refractivity (Wildman–Crippen MR) is 73.7 cm³/mol. The lowest BCUT2D eigenvalue weighted by atomic mass is 9.71. The predicted octanol–water partition coefficient (Wildman–Crippen LogP) is 3.68. The molecule has 0 radical (unpaired) electrons. The molecule has 6 heteroatoms. The summed E-state index contributed by atoms with van der Waals surface area (Å²) in [7, 11) is 1.96. The van der Waals surface area contributed by atoms with E-state index in [2.05, 4.69) is 4.90 Å². The van der Waals surface area contributed by atoms with Crippen molar-refractivity contribution in [3.8, 4) is 0 Å². The van der Waals surface area contributed by atoms with E-state index >= 15 is 0 Å². The molecule has 2 nitrogen and oxygen atoms in total. The fourth-order valence-corrected chi connectivity index (χ4v) is 4.03. The fraction of sp³-hybridized carbons (Fsp3) is 0.625. The number of benzene rings is 1. The molecule has 1 N–H and O–H groups in total. The van der Waals surface area contributed by atoms with Crippen molar-refractivity contribution in [2.45, 2.75) is 56.0 Å². The maximum Gasteiger partial charge on any atom is 0.416 e. The third kappa shape index (κ3) is 2.63. The topological polar surface area (TPSA) is 23.5 Å². The van der Waals surface area contributed by atoms with Crippen molar-refractivity contribution < 1.29 is 22.7 Å². The summed E-state index contributed by atoms with van der Waals surface area (Å²) in [5, 5.41) is 11.0. The zero-order valence-electron chi connectivity index (χ0n) is 12.3. The van der Waals surface area contributed by atoms with Crippen LogP contribution in [0.1, 0.15) is 43.2 Å². The monoisotopic (exact) mass is 317 g/mol. The van der Waals surface area contributed by atoms with E-state index < -0.39 is 23.2 Å². The molecule has 2 heterocycles. The minimum absolute atomic E-state index is 0.0728. The number of hydrogen-bond donors (Lipinski definition) is 1. The number of fused-ring (bicyclic) bond motifs is 2. The van der Waals surface area contributed by atoms with E-state index in [1.54, 1.807) is 0 Å². The van der Waals surface area contributed by atoms with Crippen LogP contribution in [0, 0.1) is 5.82 Å². The summed E-state index contributed by atoms with van der Waals surface area (Å²) in [6.45, 7) is 0. The van der Waals surface area contributed by atoms with Gasteiger partial charge in [-0.05, 0) is 50.4 Å². The maximum absolute atomic E-state index is 13.3. The third-order valence-electron chi connectivity index (χ3n) is 5.16. The number of hydrogen-bond acceptors (Lipinski definition) is 2. The van der Waals surface area contributed by atoms with Crippen molar-refractivity contribution in [3.63, 3.8) is 0 Å². The fourth-order valence-electron chi connectivity index (χ4n) is 4.03. The van der Waals surface area contributed by atoms with Crippen LogP contribution in [0.25, 0.3) is 0 Å². The Balaban J connectivity index is 2.03. The first-order chi connectivity index (χ1) is 10.2. The summed E-state index contributed by atoms with van der Waals surface area (Å²) in [6, 6.07) is 2.73. The number of nitrogens with zero attached hydrogens (tertiary/aromatic N) is 1. The highest BCUT2D eigenvalue weighted by atomic mass is 19.4. The van der Waals surface area contributed by atoms with Gasteiger partial charge in [-0.1, -0.05) is 12.5 Å². The van der Waals surface area contributed by atoms with Gasteiger partial charge in [0.25, 0.3) is 0 Å². The van der Waals surface area contributed by atoms with Crippen LogP contribution < -0.4 is 0 Å². The van der Waals surface area contributed by atoms with E-state index in [1.807, 2.05) is 7.05 Å². The SMILES string of the molecule is CN1C2CCCC1CC(O)(c1ccc(F)cc1C(F)(F)F)C2. The number of rotatable bonds is 1. The molecule has 0 aliphatic carbocycles. The molecule has 0 saturated carbocycles. The van der Waals surface area contributed by atoms with Crippen LogP contribution in [-0.4, -0.2) is 29.1 Å². The van der Waals surface area contributed by atoms with E-state index in [0.29, 0.717) is 6.07 Å². The van der Waals surface area contributed by atoms with Gasteiger partial charge in [0.05, 0.1) is 11.2 Å². The summed E-state index contributed by atoms with van der Waals surface area (Å²) in [5.74, 6) is -0.937. The van der Waals surface area contributed by atoms with Crippen LogP contribution in [0.2, 0.25) is 0 Å². The molecule has 2 bridgehead atoms. The Kier molecular flexibility index (Phi) is 3.72. The Hall–Kier alpha value is -1.14. The Morgan fingerprint density at radius 1 is 1.18 bits per heavy atom. The van der Waals surface area contributed by atoms with Crippen molar-refractivity contribution in [2.24, 2.45) is 0 Å². The zero-order valence-corrected chi connectivity index (χ0v) is 12.3. The molecular weight excluding hydrogens is 298 g/mol. The molecule has 122 valence electrons. The summed E-state index contributed by atoms with van der Waals surface area (Å²) < 4.78 is 53.0. The minimum atomic E-state index is -4.67. The first-order valence-electron chi connectivity index (χ1n) is 7.52. The first kappa shape index (κ1) is 15.7. The Morgan fingerprint density at radius 3 is 2.32 bits per heavy atom. The van der Waals surface area contributed by atoms with Crippen molar-refractivity contribution in [3.05, 3.63) is 35.1 Å². The molecular formula is C16H19F4NO. The average molecular weight is 317 g/mol. The minimum Gasteiger partial charge on any atom is -0.385 e. The number of alkyl halides is 3. The van der Waals surface area contributed by atoms with Crippen LogP contribution >= 0.6 is 0 Å². The highest BCUT2D eigenvalue weighted by molar-refractivity contribution is 5.36. The van der Waals surface area contributed by atoms with Gasteiger partial charge in [-0.2, -0.15) is 13.2 Å². The smallest absolute Gasteiger partial charge is 0.385 e. The van der Waals surface area contributed by atoms with Crippen molar-refractivity contribution in [1.29, 1.82) is 0 Å². The first-order valence-corrected chi connectivity index (χ1v) is 7.52. The number of halogens is 4. The largest absolute Gasteiger partial charge is 0.416 e. The molecule has 0 aromatic heterocycles. The number of aliphatic hydroxyl groups is 1.